The molecule has 0 saturated carbocycles. The molecule has 5 N–H and O–H groups in total. The minimum Gasteiger partial charge on any atom is -0.397 e. The summed E-state index contributed by atoms with van der Waals surface area (Å²) in [4.78, 5) is 0. The molecule has 0 aliphatic carbocycles. The van der Waals surface area contributed by atoms with Crippen LogP contribution in [0.2, 0.25) is 0 Å². The highest BCUT2D eigenvalue weighted by atomic mass is 16.5. The highest BCUT2D eigenvalue weighted by molar-refractivity contribution is 5.69. The van der Waals surface area contributed by atoms with Gasteiger partial charge < -0.3 is 21.5 Å². The molecule has 0 unspecified atom stereocenters. The van der Waals surface area contributed by atoms with Gasteiger partial charge >= 0.3 is 0 Å². The second-order valence-electron chi connectivity index (χ2n) is 4.59. The maximum absolute atomic E-state index is 5.72. The van der Waals surface area contributed by atoms with E-state index in [0.717, 1.165) is 31.9 Å². The highest BCUT2D eigenvalue weighted by Crippen LogP contribution is 2.19. The molecule has 0 aromatic heterocycles. The van der Waals surface area contributed by atoms with Crippen LogP contribution in [0.25, 0.3) is 0 Å². The Balaban J connectivity index is 2.16. The molecule has 1 aromatic carbocycles. The summed E-state index contributed by atoms with van der Waals surface area (Å²) in [7, 11) is 0. The van der Waals surface area contributed by atoms with Gasteiger partial charge in [0.05, 0.1) is 11.4 Å². The van der Waals surface area contributed by atoms with E-state index in [-0.39, 0.29) is 0 Å². The molecule has 0 saturated heterocycles. The fourth-order valence-electron chi connectivity index (χ4n) is 1.41. The number of hydrogen-bond acceptors (Lipinski definition) is 4. The van der Waals surface area contributed by atoms with Crippen LogP contribution >= 0.6 is 0 Å². The van der Waals surface area contributed by atoms with Crippen LogP contribution in [0, 0.1) is 5.92 Å². The Morgan fingerprint density at radius 3 is 2.65 bits per heavy atom. The van der Waals surface area contributed by atoms with E-state index in [0.29, 0.717) is 17.3 Å². The Morgan fingerprint density at radius 1 is 1.24 bits per heavy atom. The van der Waals surface area contributed by atoms with E-state index in [2.05, 4.69) is 19.2 Å². The third kappa shape index (κ3) is 5.45. The molecular weight excluding hydrogens is 214 g/mol. The summed E-state index contributed by atoms with van der Waals surface area (Å²) in [6, 6.07) is 5.60. The number of hydrogen-bond donors (Lipinski definition) is 3. The van der Waals surface area contributed by atoms with Gasteiger partial charge in [0.2, 0.25) is 0 Å². The van der Waals surface area contributed by atoms with E-state index < -0.39 is 0 Å². The molecule has 0 aliphatic heterocycles. The van der Waals surface area contributed by atoms with Crippen LogP contribution in [0.1, 0.15) is 20.3 Å². The second-order valence-corrected chi connectivity index (χ2v) is 4.59. The summed E-state index contributed by atoms with van der Waals surface area (Å²) < 4.78 is 5.49. The van der Waals surface area contributed by atoms with Crippen molar-refractivity contribution in [2.24, 2.45) is 5.92 Å². The van der Waals surface area contributed by atoms with Crippen molar-refractivity contribution in [3.05, 3.63) is 18.2 Å². The molecule has 0 radical (unpaired) electrons. The van der Waals surface area contributed by atoms with Crippen LogP contribution < -0.4 is 16.8 Å². The van der Waals surface area contributed by atoms with Gasteiger partial charge in [-0.05, 0) is 30.5 Å². The summed E-state index contributed by atoms with van der Waals surface area (Å²) in [5, 5.41) is 3.29. The highest BCUT2D eigenvalue weighted by Gasteiger charge is 1.97. The largest absolute Gasteiger partial charge is 0.397 e. The lowest BCUT2D eigenvalue weighted by atomic mass is 10.2. The van der Waals surface area contributed by atoms with Crippen LogP contribution in [0.5, 0.6) is 0 Å². The lowest BCUT2D eigenvalue weighted by molar-refractivity contribution is 0.110. The fourth-order valence-corrected chi connectivity index (χ4v) is 1.41. The van der Waals surface area contributed by atoms with Gasteiger partial charge in [0.15, 0.2) is 0 Å². The smallest absolute Gasteiger partial charge is 0.0568 e. The molecule has 0 amide bonds. The summed E-state index contributed by atoms with van der Waals surface area (Å²) in [5.41, 5.74) is 13.6. The number of rotatable bonds is 7. The molecule has 0 heterocycles. The number of benzene rings is 1. The quantitative estimate of drug-likeness (QED) is 0.502. The Hall–Kier alpha value is -1.42. The van der Waals surface area contributed by atoms with Gasteiger partial charge in [-0.15, -0.1) is 0 Å². The predicted molar refractivity (Wildman–Crippen MR) is 74.0 cm³/mol. The number of nitrogen functional groups attached to an aromatic ring is 2. The lowest BCUT2D eigenvalue weighted by Crippen LogP contribution is -2.08. The zero-order chi connectivity index (χ0) is 12.7. The van der Waals surface area contributed by atoms with E-state index >= 15 is 0 Å². The first-order valence-electron chi connectivity index (χ1n) is 6.06. The summed E-state index contributed by atoms with van der Waals surface area (Å²) in [5.74, 6) is 0.597. The van der Waals surface area contributed by atoms with E-state index in [9.17, 15) is 0 Å². The standard InChI is InChI=1S/C13H23N3O/c1-10(2)9-17-7-3-6-16-11-4-5-12(14)13(15)8-11/h4-5,8,10,16H,3,6-7,9,14-15H2,1-2H3. The van der Waals surface area contributed by atoms with Gasteiger partial charge in [-0.3, -0.25) is 0 Å². The lowest BCUT2D eigenvalue weighted by Gasteiger charge is -2.09. The number of anilines is 3. The molecule has 4 heteroatoms. The van der Waals surface area contributed by atoms with E-state index in [1.807, 2.05) is 18.2 Å². The minimum absolute atomic E-state index is 0.597. The maximum Gasteiger partial charge on any atom is 0.0568 e. The van der Waals surface area contributed by atoms with Crippen molar-refractivity contribution in [2.75, 3.05) is 36.5 Å². The summed E-state index contributed by atoms with van der Waals surface area (Å²) >= 11 is 0. The zero-order valence-corrected chi connectivity index (χ0v) is 10.7. The van der Waals surface area contributed by atoms with E-state index in [1.54, 1.807) is 0 Å². The van der Waals surface area contributed by atoms with Gasteiger partial charge in [-0.1, -0.05) is 13.8 Å². The molecule has 0 spiro atoms. The van der Waals surface area contributed by atoms with Gasteiger partial charge in [0.25, 0.3) is 0 Å². The maximum atomic E-state index is 5.72. The normalized spacial score (nSPS) is 10.8. The van der Waals surface area contributed by atoms with Crippen LogP contribution in [0.15, 0.2) is 18.2 Å². The molecule has 1 rings (SSSR count). The molecule has 0 bridgehead atoms. The first-order chi connectivity index (χ1) is 8.09. The number of nitrogens with two attached hydrogens (primary N) is 2. The molecule has 4 nitrogen and oxygen atoms in total. The second kappa shape index (κ2) is 7.01. The van der Waals surface area contributed by atoms with Crippen LogP contribution in [-0.2, 0) is 4.74 Å². The topological polar surface area (TPSA) is 73.3 Å². The average molecular weight is 237 g/mol. The Morgan fingerprint density at radius 2 is 2.00 bits per heavy atom. The van der Waals surface area contributed by atoms with Crippen LogP contribution in [0.3, 0.4) is 0 Å². The number of ether oxygens (including phenoxy) is 1. The van der Waals surface area contributed by atoms with Crippen molar-refractivity contribution in [1.29, 1.82) is 0 Å². The molecular formula is C13H23N3O. The molecule has 0 atom stereocenters. The zero-order valence-electron chi connectivity index (χ0n) is 10.7. The molecule has 1 aromatic rings. The molecule has 96 valence electrons. The minimum atomic E-state index is 0.597. The van der Waals surface area contributed by atoms with E-state index in [1.165, 1.54) is 0 Å². The van der Waals surface area contributed by atoms with E-state index in [4.69, 9.17) is 16.2 Å². The number of nitrogens with one attached hydrogen (secondary N) is 1. The Kier molecular flexibility index (Phi) is 5.63. The molecule has 0 fully saturated rings. The van der Waals surface area contributed by atoms with Crippen LogP contribution in [-0.4, -0.2) is 19.8 Å². The summed E-state index contributed by atoms with van der Waals surface area (Å²) in [6.07, 6.45) is 0.983. The SMILES string of the molecule is CC(C)COCCCNc1ccc(N)c(N)c1. The average Bonchev–Trinajstić information content (AvgIpc) is 2.27. The van der Waals surface area contributed by atoms with Crippen molar-refractivity contribution in [3.63, 3.8) is 0 Å². The van der Waals surface area contributed by atoms with Crippen molar-refractivity contribution < 1.29 is 4.74 Å². The Labute approximate surface area is 103 Å². The predicted octanol–water partition coefficient (Wildman–Crippen LogP) is 2.33. The first-order valence-corrected chi connectivity index (χ1v) is 6.06. The van der Waals surface area contributed by atoms with Crippen molar-refractivity contribution >= 4 is 17.1 Å². The third-order valence-electron chi connectivity index (χ3n) is 2.33. The molecule has 17 heavy (non-hydrogen) atoms. The van der Waals surface area contributed by atoms with Crippen molar-refractivity contribution in [2.45, 2.75) is 20.3 Å². The monoisotopic (exact) mass is 237 g/mol. The molecule has 0 aliphatic rings. The summed E-state index contributed by atoms with van der Waals surface area (Å²) in [6.45, 7) is 6.79. The van der Waals surface area contributed by atoms with Crippen molar-refractivity contribution in [1.82, 2.24) is 0 Å². The van der Waals surface area contributed by atoms with Crippen molar-refractivity contribution in [3.8, 4) is 0 Å². The van der Waals surface area contributed by atoms with Gasteiger partial charge in [-0.25, -0.2) is 0 Å². The van der Waals surface area contributed by atoms with Gasteiger partial charge in [0.1, 0.15) is 0 Å². The van der Waals surface area contributed by atoms with Gasteiger partial charge in [-0.2, -0.15) is 0 Å². The fraction of sp³-hybridized carbons (Fsp3) is 0.538. The third-order valence-corrected chi connectivity index (χ3v) is 2.33. The van der Waals surface area contributed by atoms with Crippen LogP contribution in [0.4, 0.5) is 17.1 Å². The first kappa shape index (κ1) is 13.6. The van der Waals surface area contributed by atoms with Gasteiger partial charge in [0, 0.05) is 25.4 Å². The Bertz CT molecular complexity index is 339.